The zero-order valence-electron chi connectivity index (χ0n) is 12.2. The molecule has 3 heteroatoms. The molecule has 2 unspecified atom stereocenters. The van der Waals surface area contributed by atoms with Gasteiger partial charge in [-0.25, -0.2) is 0 Å². The largest absolute Gasteiger partial charge is 0.303 e. The summed E-state index contributed by atoms with van der Waals surface area (Å²) in [6, 6.07) is 17.7. The van der Waals surface area contributed by atoms with Crippen molar-refractivity contribution in [3.63, 3.8) is 0 Å². The van der Waals surface area contributed by atoms with Crippen LogP contribution >= 0.6 is 23.4 Å². The summed E-state index contributed by atoms with van der Waals surface area (Å²) < 4.78 is 0. The predicted molar refractivity (Wildman–Crippen MR) is 92.1 cm³/mol. The average molecular weight is 318 g/mol. The van der Waals surface area contributed by atoms with Gasteiger partial charge in [0.1, 0.15) is 0 Å². The van der Waals surface area contributed by atoms with Gasteiger partial charge in [-0.15, -0.1) is 11.8 Å². The molecule has 0 fully saturated rings. The highest BCUT2D eigenvalue weighted by Gasteiger charge is 2.23. The predicted octanol–water partition coefficient (Wildman–Crippen LogP) is 5.62. The first-order valence-corrected chi connectivity index (χ1v) is 8.87. The minimum absolute atomic E-state index is 0.352. The van der Waals surface area contributed by atoms with Gasteiger partial charge in [0.15, 0.2) is 0 Å². The lowest BCUT2D eigenvalue weighted by molar-refractivity contribution is 0.421. The van der Waals surface area contributed by atoms with E-state index in [-0.39, 0.29) is 0 Å². The number of rotatable bonds is 4. The van der Waals surface area contributed by atoms with Crippen LogP contribution in [0.4, 0.5) is 0 Å². The van der Waals surface area contributed by atoms with Gasteiger partial charge in [0.05, 0.1) is 0 Å². The highest BCUT2D eigenvalue weighted by atomic mass is 35.5. The fraction of sp³-hybridized carbons (Fsp3) is 0.333. The Bertz CT molecular complexity index is 614. The highest BCUT2D eigenvalue weighted by molar-refractivity contribution is 7.99. The van der Waals surface area contributed by atoms with Crippen molar-refractivity contribution in [3.05, 3.63) is 64.7 Å². The maximum absolute atomic E-state index is 6.14. The number of hydrogen-bond acceptors (Lipinski definition) is 2. The first-order valence-electron chi connectivity index (χ1n) is 7.51. The topological polar surface area (TPSA) is 12.0 Å². The lowest BCUT2D eigenvalue weighted by atomic mass is 9.99. The summed E-state index contributed by atoms with van der Waals surface area (Å²) in [6.07, 6.45) is 2.24. The van der Waals surface area contributed by atoms with E-state index in [2.05, 4.69) is 48.6 Å². The zero-order valence-corrected chi connectivity index (χ0v) is 13.8. The Morgan fingerprint density at radius 3 is 2.90 bits per heavy atom. The molecule has 1 N–H and O–H groups in total. The molecule has 2 atom stereocenters. The third-order valence-electron chi connectivity index (χ3n) is 4.02. The second kappa shape index (κ2) is 6.87. The zero-order chi connectivity index (χ0) is 14.7. The molecule has 2 aromatic carbocycles. The third-order valence-corrected chi connectivity index (χ3v) is 5.38. The van der Waals surface area contributed by atoms with Crippen molar-refractivity contribution in [1.82, 2.24) is 5.32 Å². The van der Waals surface area contributed by atoms with Gasteiger partial charge in [0.25, 0.3) is 0 Å². The number of hydrogen-bond donors (Lipinski definition) is 1. The van der Waals surface area contributed by atoms with Gasteiger partial charge in [0.2, 0.25) is 0 Å². The van der Waals surface area contributed by atoms with Crippen LogP contribution in [0.5, 0.6) is 0 Å². The van der Waals surface area contributed by atoms with Crippen LogP contribution in [0.3, 0.4) is 0 Å². The molecule has 1 aliphatic heterocycles. The van der Waals surface area contributed by atoms with E-state index < -0.39 is 0 Å². The molecule has 3 rings (SSSR count). The molecule has 21 heavy (non-hydrogen) atoms. The molecule has 0 saturated carbocycles. The lowest BCUT2D eigenvalue weighted by Crippen LogP contribution is -2.28. The number of benzene rings is 2. The van der Waals surface area contributed by atoms with E-state index in [0.29, 0.717) is 12.1 Å². The molecular formula is C18H20ClNS. The average Bonchev–Trinajstić information content (AvgIpc) is 2.52. The molecule has 1 heterocycles. The SMILES string of the molecule is CCC(NC1CCSc2ccccc21)c1cccc(Cl)c1. The number of thioether (sulfide) groups is 1. The second-order valence-electron chi connectivity index (χ2n) is 5.41. The molecule has 1 nitrogen and oxygen atoms in total. The summed E-state index contributed by atoms with van der Waals surface area (Å²) in [5, 5.41) is 4.65. The standard InChI is InChI=1S/C18H20ClNS/c1-2-16(13-6-5-7-14(19)12-13)20-17-10-11-21-18-9-4-3-8-15(17)18/h3-9,12,16-17,20H,2,10-11H2,1H3. The van der Waals surface area contributed by atoms with Crippen LogP contribution in [0.2, 0.25) is 5.02 Å². The van der Waals surface area contributed by atoms with Gasteiger partial charge in [-0.05, 0) is 47.9 Å². The van der Waals surface area contributed by atoms with Crippen LogP contribution in [-0.2, 0) is 0 Å². The molecular weight excluding hydrogens is 298 g/mol. The van der Waals surface area contributed by atoms with Crippen LogP contribution in [0, 0.1) is 0 Å². The second-order valence-corrected chi connectivity index (χ2v) is 6.98. The Hall–Kier alpha value is -0.960. The Balaban J connectivity index is 1.82. The quantitative estimate of drug-likeness (QED) is 0.785. The summed E-state index contributed by atoms with van der Waals surface area (Å²) >= 11 is 8.10. The fourth-order valence-electron chi connectivity index (χ4n) is 2.93. The minimum Gasteiger partial charge on any atom is -0.303 e. The summed E-state index contributed by atoms with van der Waals surface area (Å²) in [6.45, 7) is 2.22. The van der Waals surface area contributed by atoms with Crippen molar-refractivity contribution in [2.24, 2.45) is 0 Å². The van der Waals surface area contributed by atoms with E-state index in [4.69, 9.17) is 11.6 Å². The first kappa shape index (κ1) is 15.0. The molecule has 1 aliphatic rings. The van der Waals surface area contributed by atoms with Crippen LogP contribution in [0.1, 0.15) is 43.0 Å². The van der Waals surface area contributed by atoms with Crippen molar-refractivity contribution >= 4 is 23.4 Å². The van der Waals surface area contributed by atoms with Crippen LogP contribution in [-0.4, -0.2) is 5.75 Å². The number of nitrogens with one attached hydrogen (secondary N) is 1. The van der Waals surface area contributed by atoms with Gasteiger partial charge in [-0.1, -0.05) is 48.9 Å². The van der Waals surface area contributed by atoms with Crippen molar-refractivity contribution < 1.29 is 0 Å². The Morgan fingerprint density at radius 1 is 1.24 bits per heavy atom. The van der Waals surface area contributed by atoms with Crippen molar-refractivity contribution in [1.29, 1.82) is 0 Å². The minimum atomic E-state index is 0.352. The number of fused-ring (bicyclic) bond motifs is 1. The van der Waals surface area contributed by atoms with Gasteiger partial charge in [-0.2, -0.15) is 0 Å². The monoisotopic (exact) mass is 317 g/mol. The van der Waals surface area contributed by atoms with Gasteiger partial charge >= 0.3 is 0 Å². The van der Waals surface area contributed by atoms with E-state index in [1.807, 2.05) is 23.9 Å². The Labute approximate surface area is 136 Å². The maximum atomic E-state index is 6.14. The van der Waals surface area contributed by atoms with E-state index in [0.717, 1.165) is 11.4 Å². The molecule has 0 bridgehead atoms. The van der Waals surface area contributed by atoms with Crippen LogP contribution in [0.15, 0.2) is 53.4 Å². The van der Waals surface area contributed by atoms with E-state index in [9.17, 15) is 0 Å². The molecule has 0 saturated heterocycles. The van der Waals surface area contributed by atoms with E-state index in [1.165, 1.54) is 28.2 Å². The van der Waals surface area contributed by atoms with E-state index in [1.54, 1.807) is 0 Å². The smallest absolute Gasteiger partial charge is 0.0409 e. The molecule has 0 spiro atoms. The van der Waals surface area contributed by atoms with Crippen molar-refractivity contribution in [2.45, 2.75) is 36.7 Å². The third kappa shape index (κ3) is 3.45. The molecule has 0 amide bonds. The molecule has 2 aromatic rings. The summed E-state index contributed by atoms with van der Waals surface area (Å²) in [5.41, 5.74) is 2.72. The van der Waals surface area contributed by atoms with Gasteiger partial charge in [0, 0.05) is 22.0 Å². The molecule has 110 valence electrons. The summed E-state index contributed by atoms with van der Waals surface area (Å²) in [7, 11) is 0. The lowest BCUT2D eigenvalue weighted by Gasteiger charge is -2.30. The first-order chi connectivity index (χ1) is 10.3. The normalized spacial score (nSPS) is 19.0. The molecule has 0 aliphatic carbocycles. The van der Waals surface area contributed by atoms with Gasteiger partial charge in [-0.3, -0.25) is 0 Å². The molecule has 0 aromatic heterocycles. The molecule has 0 radical (unpaired) electrons. The van der Waals surface area contributed by atoms with E-state index >= 15 is 0 Å². The Morgan fingerprint density at radius 2 is 2.10 bits per heavy atom. The van der Waals surface area contributed by atoms with Crippen LogP contribution < -0.4 is 5.32 Å². The highest BCUT2D eigenvalue weighted by Crippen LogP contribution is 2.37. The Kier molecular flexibility index (Phi) is 4.89. The van der Waals surface area contributed by atoms with Gasteiger partial charge < -0.3 is 5.32 Å². The maximum Gasteiger partial charge on any atom is 0.0409 e. The van der Waals surface area contributed by atoms with Crippen molar-refractivity contribution in [2.75, 3.05) is 5.75 Å². The summed E-state index contributed by atoms with van der Waals surface area (Å²) in [5.74, 6) is 1.18. The van der Waals surface area contributed by atoms with Crippen molar-refractivity contribution in [3.8, 4) is 0 Å². The van der Waals surface area contributed by atoms with Crippen LogP contribution in [0.25, 0.3) is 0 Å². The number of halogens is 1. The fourth-order valence-corrected chi connectivity index (χ4v) is 4.26. The summed E-state index contributed by atoms with van der Waals surface area (Å²) in [4.78, 5) is 1.42.